The Balaban J connectivity index is 2.08. The average Bonchev–Trinajstić information content (AvgIpc) is 2.46. The summed E-state index contributed by atoms with van der Waals surface area (Å²) in [6, 6.07) is 0. The Bertz CT molecular complexity index is 296. The molecule has 0 radical (unpaired) electrons. The fraction of sp³-hybridized carbons (Fsp3) is 0.933. The number of nitrogens with two attached hydrogens (primary N) is 1. The van der Waals surface area contributed by atoms with Crippen LogP contribution in [0.1, 0.15) is 46.5 Å². The number of amidine groups is 1. The van der Waals surface area contributed by atoms with E-state index in [1.165, 1.54) is 32.5 Å². The molecule has 20 heavy (non-hydrogen) atoms. The zero-order chi connectivity index (χ0) is 15.0. The van der Waals surface area contributed by atoms with Crippen molar-refractivity contribution < 1.29 is 5.21 Å². The van der Waals surface area contributed by atoms with Crippen molar-refractivity contribution in [1.29, 1.82) is 0 Å². The molecule has 1 fully saturated rings. The number of nitrogens with zero attached hydrogens (tertiary/aromatic N) is 2. The largest absolute Gasteiger partial charge is 0.409 e. The monoisotopic (exact) mass is 284 g/mol. The molecule has 0 spiro atoms. The van der Waals surface area contributed by atoms with Gasteiger partial charge in [0.05, 0.1) is 0 Å². The summed E-state index contributed by atoms with van der Waals surface area (Å²) in [7, 11) is 0. The highest BCUT2D eigenvalue weighted by Gasteiger charge is 2.23. The Kier molecular flexibility index (Phi) is 7.30. The van der Waals surface area contributed by atoms with Crippen LogP contribution < -0.4 is 11.1 Å². The Labute approximate surface area is 123 Å². The van der Waals surface area contributed by atoms with Gasteiger partial charge in [0.1, 0.15) is 5.84 Å². The predicted octanol–water partition coefficient (Wildman–Crippen LogP) is 1.86. The third-order valence-corrected chi connectivity index (χ3v) is 4.54. The molecule has 1 aliphatic rings. The zero-order valence-electron chi connectivity index (χ0n) is 13.4. The lowest BCUT2D eigenvalue weighted by molar-refractivity contribution is 0.190. The van der Waals surface area contributed by atoms with Crippen LogP contribution in [-0.4, -0.2) is 48.7 Å². The van der Waals surface area contributed by atoms with E-state index in [0.29, 0.717) is 5.84 Å². The molecule has 0 amide bonds. The Hall–Kier alpha value is -0.810. The van der Waals surface area contributed by atoms with Gasteiger partial charge in [0.25, 0.3) is 0 Å². The first-order valence-electron chi connectivity index (χ1n) is 7.90. The molecule has 1 rings (SSSR count). The van der Waals surface area contributed by atoms with Crippen LogP contribution in [-0.2, 0) is 0 Å². The van der Waals surface area contributed by atoms with E-state index >= 15 is 0 Å². The van der Waals surface area contributed by atoms with E-state index in [1.807, 2.05) is 13.8 Å². The molecule has 4 N–H and O–H groups in total. The molecule has 0 aromatic rings. The SMILES string of the molecule is CCN1CCC(CNCCCC(C)(C)C(N)=NO)CC1. The van der Waals surface area contributed by atoms with E-state index in [1.54, 1.807) is 0 Å². The molecular formula is C15H32N4O. The molecule has 5 nitrogen and oxygen atoms in total. The second-order valence-electron chi connectivity index (χ2n) is 6.55. The second kappa shape index (κ2) is 8.47. The summed E-state index contributed by atoms with van der Waals surface area (Å²) in [6.45, 7) is 12.1. The second-order valence-corrected chi connectivity index (χ2v) is 6.55. The molecule has 0 aromatic carbocycles. The van der Waals surface area contributed by atoms with Gasteiger partial charge in [-0.1, -0.05) is 25.9 Å². The molecule has 0 atom stereocenters. The van der Waals surface area contributed by atoms with Crippen molar-refractivity contribution in [2.75, 3.05) is 32.7 Å². The van der Waals surface area contributed by atoms with Crippen molar-refractivity contribution in [3.63, 3.8) is 0 Å². The van der Waals surface area contributed by atoms with Gasteiger partial charge in [-0.15, -0.1) is 0 Å². The van der Waals surface area contributed by atoms with Crippen LogP contribution in [0.5, 0.6) is 0 Å². The Morgan fingerprint density at radius 2 is 2.05 bits per heavy atom. The number of likely N-dealkylation sites (tertiary alicyclic amines) is 1. The Morgan fingerprint density at radius 3 is 2.60 bits per heavy atom. The van der Waals surface area contributed by atoms with Gasteiger partial charge in [0, 0.05) is 5.41 Å². The van der Waals surface area contributed by atoms with Crippen molar-refractivity contribution >= 4 is 5.84 Å². The van der Waals surface area contributed by atoms with Gasteiger partial charge in [-0.2, -0.15) is 0 Å². The van der Waals surface area contributed by atoms with Crippen LogP contribution >= 0.6 is 0 Å². The maximum atomic E-state index is 8.73. The van der Waals surface area contributed by atoms with E-state index in [2.05, 4.69) is 22.3 Å². The first-order valence-corrected chi connectivity index (χ1v) is 7.90. The van der Waals surface area contributed by atoms with Crippen molar-refractivity contribution in [3.05, 3.63) is 0 Å². The maximum absolute atomic E-state index is 8.73. The number of oxime groups is 1. The van der Waals surface area contributed by atoms with Crippen LogP contribution in [0, 0.1) is 11.3 Å². The van der Waals surface area contributed by atoms with Crippen LogP contribution in [0.2, 0.25) is 0 Å². The lowest BCUT2D eigenvalue weighted by Gasteiger charge is -2.31. The van der Waals surface area contributed by atoms with E-state index in [9.17, 15) is 0 Å². The molecule has 0 aromatic heterocycles. The summed E-state index contributed by atoms with van der Waals surface area (Å²) in [5.74, 6) is 1.15. The fourth-order valence-electron chi connectivity index (χ4n) is 2.73. The van der Waals surface area contributed by atoms with Crippen LogP contribution in [0.25, 0.3) is 0 Å². The van der Waals surface area contributed by atoms with Crippen molar-refractivity contribution in [3.8, 4) is 0 Å². The van der Waals surface area contributed by atoms with Gasteiger partial charge < -0.3 is 21.2 Å². The molecule has 0 saturated carbocycles. The van der Waals surface area contributed by atoms with Gasteiger partial charge in [-0.25, -0.2) is 0 Å². The zero-order valence-corrected chi connectivity index (χ0v) is 13.4. The number of hydrogen-bond donors (Lipinski definition) is 3. The molecule has 0 aliphatic carbocycles. The topological polar surface area (TPSA) is 73.9 Å². The van der Waals surface area contributed by atoms with Crippen molar-refractivity contribution in [2.24, 2.45) is 22.2 Å². The lowest BCUT2D eigenvalue weighted by atomic mass is 9.86. The van der Waals surface area contributed by atoms with Crippen LogP contribution in [0.4, 0.5) is 0 Å². The smallest absolute Gasteiger partial charge is 0.144 e. The highest BCUT2D eigenvalue weighted by atomic mass is 16.4. The van der Waals surface area contributed by atoms with Crippen molar-refractivity contribution in [1.82, 2.24) is 10.2 Å². The number of nitrogens with one attached hydrogen (secondary N) is 1. The molecule has 1 aliphatic heterocycles. The summed E-state index contributed by atoms with van der Waals surface area (Å²) in [6.07, 6.45) is 4.62. The summed E-state index contributed by atoms with van der Waals surface area (Å²) >= 11 is 0. The van der Waals surface area contributed by atoms with Gasteiger partial charge in [-0.3, -0.25) is 0 Å². The highest BCUT2D eigenvalue weighted by molar-refractivity contribution is 5.85. The van der Waals surface area contributed by atoms with Crippen LogP contribution in [0.15, 0.2) is 5.16 Å². The lowest BCUT2D eigenvalue weighted by Crippen LogP contribution is -2.37. The highest BCUT2D eigenvalue weighted by Crippen LogP contribution is 2.22. The fourth-order valence-corrected chi connectivity index (χ4v) is 2.73. The summed E-state index contributed by atoms with van der Waals surface area (Å²) in [4.78, 5) is 2.52. The number of rotatable bonds is 8. The van der Waals surface area contributed by atoms with E-state index < -0.39 is 0 Å². The third kappa shape index (κ3) is 5.67. The van der Waals surface area contributed by atoms with Gasteiger partial charge in [-0.05, 0) is 64.3 Å². The van der Waals surface area contributed by atoms with Gasteiger partial charge >= 0.3 is 0 Å². The standard InChI is InChI=1S/C15H32N4O/c1-4-19-10-6-13(7-11-19)12-17-9-5-8-15(2,3)14(16)18-20/h13,17,20H,4-12H2,1-3H3,(H2,16,18). The summed E-state index contributed by atoms with van der Waals surface area (Å²) in [5.41, 5.74) is 5.46. The summed E-state index contributed by atoms with van der Waals surface area (Å²) < 4.78 is 0. The number of hydrogen-bond acceptors (Lipinski definition) is 4. The van der Waals surface area contributed by atoms with Crippen molar-refractivity contribution in [2.45, 2.75) is 46.5 Å². The predicted molar refractivity (Wildman–Crippen MR) is 84.1 cm³/mol. The first kappa shape index (κ1) is 17.2. The molecular weight excluding hydrogens is 252 g/mol. The molecule has 0 bridgehead atoms. The normalized spacial score (nSPS) is 19.4. The maximum Gasteiger partial charge on any atom is 0.144 e. The first-order chi connectivity index (χ1) is 9.49. The van der Waals surface area contributed by atoms with Crippen LogP contribution in [0.3, 0.4) is 0 Å². The minimum atomic E-state index is -0.219. The average molecular weight is 284 g/mol. The molecule has 118 valence electrons. The molecule has 5 heteroatoms. The summed E-state index contributed by atoms with van der Waals surface area (Å²) in [5, 5.41) is 15.4. The van der Waals surface area contributed by atoms with E-state index in [-0.39, 0.29) is 5.41 Å². The van der Waals surface area contributed by atoms with E-state index in [4.69, 9.17) is 10.9 Å². The van der Waals surface area contributed by atoms with Gasteiger partial charge in [0.15, 0.2) is 0 Å². The molecule has 1 heterocycles. The quantitative estimate of drug-likeness (QED) is 0.209. The third-order valence-electron chi connectivity index (χ3n) is 4.54. The van der Waals surface area contributed by atoms with E-state index in [0.717, 1.165) is 31.8 Å². The number of piperidine rings is 1. The molecule has 0 unspecified atom stereocenters. The van der Waals surface area contributed by atoms with Gasteiger partial charge in [0.2, 0.25) is 0 Å². The molecule has 1 saturated heterocycles. The minimum Gasteiger partial charge on any atom is -0.409 e. The minimum absolute atomic E-state index is 0.219. The Morgan fingerprint density at radius 1 is 1.40 bits per heavy atom.